The molecule has 0 saturated heterocycles. The fourth-order valence-electron chi connectivity index (χ4n) is 1.89. The maximum absolute atomic E-state index is 9.28. The van der Waals surface area contributed by atoms with Gasteiger partial charge in [0, 0.05) is 11.5 Å². The molecule has 2 rings (SSSR count). The van der Waals surface area contributed by atoms with Gasteiger partial charge < -0.3 is 15.6 Å². The average molecular weight is 207 g/mol. The van der Waals surface area contributed by atoms with Crippen LogP contribution in [0.1, 0.15) is 24.4 Å². The summed E-state index contributed by atoms with van der Waals surface area (Å²) < 4.78 is 5.09. The summed E-state index contributed by atoms with van der Waals surface area (Å²) in [5.41, 5.74) is 7.15. The second-order valence-corrected chi connectivity index (χ2v) is 4.27. The van der Waals surface area contributed by atoms with Gasteiger partial charge in [0.2, 0.25) is 0 Å². The van der Waals surface area contributed by atoms with E-state index in [4.69, 9.17) is 10.5 Å². The van der Waals surface area contributed by atoms with Gasteiger partial charge in [0.25, 0.3) is 0 Å². The number of aliphatic hydroxyl groups is 1. The zero-order valence-electron chi connectivity index (χ0n) is 8.94. The van der Waals surface area contributed by atoms with Crippen LogP contribution in [0, 0.1) is 5.41 Å². The molecule has 1 aromatic rings. The summed E-state index contributed by atoms with van der Waals surface area (Å²) >= 11 is 0. The maximum atomic E-state index is 9.28. The quantitative estimate of drug-likeness (QED) is 0.786. The highest BCUT2D eigenvalue weighted by atomic mass is 16.5. The van der Waals surface area contributed by atoms with E-state index in [0.717, 1.165) is 24.2 Å². The van der Waals surface area contributed by atoms with E-state index in [-0.39, 0.29) is 18.1 Å². The van der Waals surface area contributed by atoms with Crippen LogP contribution in [-0.2, 0) is 0 Å². The number of ether oxygens (including phenoxy) is 1. The molecule has 1 fully saturated rings. The summed E-state index contributed by atoms with van der Waals surface area (Å²) in [5, 5.41) is 9.28. The molecule has 0 aliphatic heterocycles. The lowest BCUT2D eigenvalue weighted by Gasteiger charge is -2.21. The Labute approximate surface area is 89.9 Å². The van der Waals surface area contributed by atoms with Crippen molar-refractivity contribution in [2.24, 2.45) is 11.1 Å². The first-order valence-electron chi connectivity index (χ1n) is 5.22. The van der Waals surface area contributed by atoms with Crippen LogP contribution in [0.25, 0.3) is 0 Å². The van der Waals surface area contributed by atoms with E-state index in [1.165, 1.54) is 0 Å². The molecule has 0 bridgehead atoms. The van der Waals surface area contributed by atoms with Crippen molar-refractivity contribution in [2.45, 2.75) is 18.9 Å². The molecule has 1 unspecified atom stereocenters. The molecular formula is C12H17NO2. The second-order valence-electron chi connectivity index (χ2n) is 4.27. The maximum Gasteiger partial charge on any atom is 0.118 e. The summed E-state index contributed by atoms with van der Waals surface area (Å²) in [6.45, 7) is 0.181. The molecular weight excluding hydrogens is 190 g/mol. The molecule has 3 heteroatoms. The summed E-state index contributed by atoms with van der Waals surface area (Å²) in [6.07, 6.45) is 2.05. The standard InChI is InChI=1S/C12H17NO2/c1-15-10-4-2-9(3-5-10)11(13)12(8-14)6-7-12/h2-5,11,14H,6-8,13H2,1H3. The van der Waals surface area contributed by atoms with Crippen LogP contribution in [0.4, 0.5) is 0 Å². The van der Waals surface area contributed by atoms with Crippen molar-refractivity contribution in [3.63, 3.8) is 0 Å². The van der Waals surface area contributed by atoms with E-state index in [1.54, 1.807) is 7.11 Å². The Hall–Kier alpha value is -1.06. The molecule has 0 spiro atoms. The highest BCUT2D eigenvalue weighted by molar-refractivity contribution is 5.31. The van der Waals surface area contributed by atoms with E-state index >= 15 is 0 Å². The minimum Gasteiger partial charge on any atom is -0.497 e. The number of hydrogen-bond acceptors (Lipinski definition) is 3. The van der Waals surface area contributed by atoms with Crippen LogP contribution in [0.2, 0.25) is 0 Å². The van der Waals surface area contributed by atoms with E-state index in [1.807, 2.05) is 24.3 Å². The minimum absolute atomic E-state index is 0.0609. The van der Waals surface area contributed by atoms with Gasteiger partial charge in [-0.05, 0) is 30.5 Å². The number of benzene rings is 1. The zero-order chi connectivity index (χ0) is 10.9. The van der Waals surface area contributed by atoms with Crippen LogP contribution in [-0.4, -0.2) is 18.8 Å². The third-order valence-corrected chi connectivity index (χ3v) is 3.34. The van der Waals surface area contributed by atoms with Crippen molar-refractivity contribution in [1.29, 1.82) is 0 Å². The zero-order valence-corrected chi connectivity index (χ0v) is 8.94. The molecule has 1 saturated carbocycles. The Morgan fingerprint density at radius 2 is 2.00 bits per heavy atom. The molecule has 15 heavy (non-hydrogen) atoms. The normalized spacial score (nSPS) is 19.7. The van der Waals surface area contributed by atoms with Crippen LogP contribution in [0.3, 0.4) is 0 Å². The largest absolute Gasteiger partial charge is 0.497 e. The smallest absolute Gasteiger partial charge is 0.118 e. The van der Waals surface area contributed by atoms with Gasteiger partial charge in [0.15, 0.2) is 0 Å². The predicted octanol–water partition coefficient (Wildman–Crippen LogP) is 1.47. The molecule has 82 valence electrons. The molecule has 0 radical (unpaired) electrons. The van der Waals surface area contributed by atoms with Crippen molar-refractivity contribution in [1.82, 2.24) is 0 Å². The van der Waals surface area contributed by atoms with Crippen LogP contribution in [0.15, 0.2) is 24.3 Å². The Kier molecular flexibility index (Phi) is 2.67. The fraction of sp³-hybridized carbons (Fsp3) is 0.500. The van der Waals surface area contributed by atoms with Crippen molar-refractivity contribution in [2.75, 3.05) is 13.7 Å². The van der Waals surface area contributed by atoms with Crippen LogP contribution >= 0.6 is 0 Å². The van der Waals surface area contributed by atoms with Crippen LogP contribution < -0.4 is 10.5 Å². The number of nitrogens with two attached hydrogens (primary N) is 1. The first-order valence-corrected chi connectivity index (χ1v) is 5.22. The fourth-order valence-corrected chi connectivity index (χ4v) is 1.89. The van der Waals surface area contributed by atoms with Gasteiger partial charge in [0.1, 0.15) is 5.75 Å². The molecule has 0 amide bonds. The van der Waals surface area contributed by atoms with Crippen molar-refractivity contribution < 1.29 is 9.84 Å². The third kappa shape index (κ3) is 1.85. The minimum atomic E-state index is -0.0617. The molecule has 0 aromatic heterocycles. The first-order chi connectivity index (χ1) is 7.22. The average Bonchev–Trinajstić information content (AvgIpc) is 3.09. The summed E-state index contributed by atoms with van der Waals surface area (Å²) in [5.74, 6) is 0.833. The van der Waals surface area contributed by atoms with Gasteiger partial charge in [-0.25, -0.2) is 0 Å². The van der Waals surface area contributed by atoms with Gasteiger partial charge in [-0.1, -0.05) is 12.1 Å². The Morgan fingerprint density at radius 3 is 2.40 bits per heavy atom. The lowest BCUT2D eigenvalue weighted by Crippen LogP contribution is -2.25. The van der Waals surface area contributed by atoms with E-state index in [2.05, 4.69) is 0 Å². The van der Waals surface area contributed by atoms with E-state index in [9.17, 15) is 5.11 Å². The predicted molar refractivity (Wildman–Crippen MR) is 58.7 cm³/mol. The summed E-state index contributed by atoms with van der Waals surface area (Å²) in [6, 6.07) is 7.69. The van der Waals surface area contributed by atoms with Gasteiger partial charge >= 0.3 is 0 Å². The van der Waals surface area contributed by atoms with Crippen LogP contribution in [0.5, 0.6) is 5.75 Å². The second kappa shape index (κ2) is 3.83. The first kappa shape index (κ1) is 10.5. The Bertz CT molecular complexity index is 330. The van der Waals surface area contributed by atoms with Gasteiger partial charge in [-0.3, -0.25) is 0 Å². The molecule has 1 aliphatic carbocycles. The molecule has 3 nitrogen and oxygen atoms in total. The highest BCUT2D eigenvalue weighted by Gasteiger charge is 2.47. The van der Waals surface area contributed by atoms with Gasteiger partial charge in [-0.2, -0.15) is 0 Å². The SMILES string of the molecule is COc1ccc(C(N)C2(CO)CC2)cc1. The summed E-state index contributed by atoms with van der Waals surface area (Å²) in [4.78, 5) is 0. The highest BCUT2D eigenvalue weighted by Crippen LogP contribution is 2.53. The van der Waals surface area contributed by atoms with Gasteiger partial charge in [0.05, 0.1) is 13.7 Å². The van der Waals surface area contributed by atoms with Crippen molar-refractivity contribution in [3.8, 4) is 5.75 Å². The Balaban J connectivity index is 2.15. The number of methoxy groups -OCH3 is 1. The number of aliphatic hydroxyl groups excluding tert-OH is 1. The summed E-state index contributed by atoms with van der Waals surface area (Å²) in [7, 11) is 1.64. The topological polar surface area (TPSA) is 55.5 Å². The Morgan fingerprint density at radius 1 is 1.40 bits per heavy atom. The van der Waals surface area contributed by atoms with E-state index < -0.39 is 0 Å². The third-order valence-electron chi connectivity index (χ3n) is 3.34. The van der Waals surface area contributed by atoms with Crippen molar-refractivity contribution in [3.05, 3.63) is 29.8 Å². The lowest BCUT2D eigenvalue weighted by atomic mass is 9.91. The molecule has 1 atom stereocenters. The number of hydrogen-bond donors (Lipinski definition) is 2. The van der Waals surface area contributed by atoms with Crippen molar-refractivity contribution >= 4 is 0 Å². The molecule has 1 aliphatic rings. The monoisotopic (exact) mass is 207 g/mol. The number of rotatable bonds is 4. The van der Waals surface area contributed by atoms with E-state index in [0.29, 0.717) is 0 Å². The molecule has 0 heterocycles. The molecule has 1 aromatic carbocycles. The molecule has 3 N–H and O–H groups in total. The lowest BCUT2D eigenvalue weighted by molar-refractivity contribution is 0.187. The van der Waals surface area contributed by atoms with Gasteiger partial charge in [-0.15, -0.1) is 0 Å².